The number of nitrogens with two attached hydrogens (primary N) is 1. The van der Waals surface area contributed by atoms with E-state index in [0.29, 0.717) is 5.69 Å². The van der Waals surface area contributed by atoms with Gasteiger partial charge in [0.1, 0.15) is 0 Å². The fourth-order valence-electron chi connectivity index (χ4n) is 2.34. The number of methoxy groups -OCH3 is 1. The molecule has 2 heterocycles. The van der Waals surface area contributed by atoms with Crippen molar-refractivity contribution in [3.05, 3.63) is 12.3 Å². The molecule has 0 saturated carbocycles. The van der Waals surface area contributed by atoms with Crippen LogP contribution in [0.1, 0.15) is 13.3 Å². The van der Waals surface area contributed by atoms with Gasteiger partial charge in [-0.2, -0.15) is 0 Å². The van der Waals surface area contributed by atoms with Crippen LogP contribution in [0.3, 0.4) is 0 Å². The molecule has 2 N–H and O–H groups in total. The molecule has 0 atom stereocenters. The second kappa shape index (κ2) is 5.91. The fraction of sp³-hybridized carbons (Fsp3) is 0.615. The minimum atomic E-state index is 0.639. The van der Waals surface area contributed by atoms with Crippen LogP contribution < -0.4 is 15.4 Å². The maximum atomic E-state index is 5.72. The van der Waals surface area contributed by atoms with Crippen molar-refractivity contribution in [2.45, 2.75) is 13.3 Å². The first-order valence-electron chi connectivity index (χ1n) is 6.51. The molecule has 1 fully saturated rings. The van der Waals surface area contributed by atoms with Gasteiger partial charge in [-0.25, -0.2) is 4.98 Å². The van der Waals surface area contributed by atoms with Crippen molar-refractivity contribution < 1.29 is 4.74 Å². The number of hydrogen-bond donors (Lipinski definition) is 1. The van der Waals surface area contributed by atoms with Gasteiger partial charge in [0, 0.05) is 32.2 Å². The maximum absolute atomic E-state index is 5.72. The van der Waals surface area contributed by atoms with E-state index in [0.717, 1.165) is 37.7 Å². The molecule has 2 rings (SSSR count). The van der Waals surface area contributed by atoms with E-state index in [1.54, 1.807) is 13.3 Å². The largest absolute Gasteiger partial charge is 0.493 e. The van der Waals surface area contributed by atoms with E-state index in [1.807, 2.05) is 6.07 Å². The zero-order chi connectivity index (χ0) is 13.0. The van der Waals surface area contributed by atoms with Crippen LogP contribution in [-0.4, -0.2) is 49.7 Å². The standard InChI is InChI=1S/C13H22N4O/c1-3-4-16-5-7-17(8-6-16)13-12(18-2)9-11(14)10-15-13/h9-10H,3-8,14H2,1-2H3. The highest BCUT2D eigenvalue weighted by Crippen LogP contribution is 2.28. The number of ether oxygens (including phenoxy) is 1. The number of nitrogens with zero attached hydrogens (tertiary/aromatic N) is 3. The monoisotopic (exact) mass is 250 g/mol. The van der Waals surface area contributed by atoms with Gasteiger partial charge in [-0.3, -0.25) is 4.90 Å². The van der Waals surface area contributed by atoms with Gasteiger partial charge < -0.3 is 15.4 Å². The second-order valence-electron chi connectivity index (χ2n) is 4.62. The summed E-state index contributed by atoms with van der Waals surface area (Å²) in [4.78, 5) is 9.16. The van der Waals surface area contributed by atoms with Gasteiger partial charge in [-0.05, 0) is 13.0 Å². The van der Waals surface area contributed by atoms with Crippen molar-refractivity contribution in [3.8, 4) is 5.75 Å². The summed E-state index contributed by atoms with van der Waals surface area (Å²) in [5, 5.41) is 0. The Labute approximate surface area is 109 Å². The highest BCUT2D eigenvalue weighted by atomic mass is 16.5. The van der Waals surface area contributed by atoms with Gasteiger partial charge in [0.15, 0.2) is 11.6 Å². The molecule has 5 nitrogen and oxygen atoms in total. The number of nitrogen functional groups attached to an aromatic ring is 1. The molecule has 0 bridgehead atoms. The molecular weight excluding hydrogens is 228 g/mol. The Morgan fingerprint density at radius 2 is 2.06 bits per heavy atom. The minimum absolute atomic E-state index is 0.639. The van der Waals surface area contributed by atoms with Crippen LogP contribution in [0.5, 0.6) is 5.75 Å². The van der Waals surface area contributed by atoms with Crippen molar-refractivity contribution >= 4 is 11.5 Å². The summed E-state index contributed by atoms with van der Waals surface area (Å²) in [5.74, 6) is 1.67. The Morgan fingerprint density at radius 3 is 2.67 bits per heavy atom. The topological polar surface area (TPSA) is 54.6 Å². The summed E-state index contributed by atoms with van der Waals surface area (Å²) in [6.07, 6.45) is 2.90. The number of aromatic nitrogens is 1. The van der Waals surface area contributed by atoms with Crippen LogP contribution in [0, 0.1) is 0 Å². The van der Waals surface area contributed by atoms with Crippen LogP contribution in [0.25, 0.3) is 0 Å². The van der Waals surface area contributed by atoms with E-state index >= 15 is 0 Å². The van der Waals surface area contributed by atoms with Crippen molar-refractivity contribution in [2.24, 2.45) is 0 Å². The molecule has 0 amide bonds. The minimum Gasteiger partial charge on any atom is -0.493 e. The average Bonchev–Trinajstić information content (AvgIpc) is 2.40. The third-order valence-electron chi connectivity index (χ3n) is 3.29. The number of hydrogen-bond acceptors (Lipinski definition) is 5. The Hall–Kier alpha value is -1.49. The Bertz CT molecular complexity index is 389. The summed E-state index contributed by atoms with van der Waals surface area (Å²) in [5.41, 5.74) is 6.36. The van der Waals surface area contributed by atoms with Crippen molar-refractivity contribution in [1.82, 2.24) is 9.88 Å². The van der Waals surface area contributed by atoms with Crippen molar-refractivity contribution in [2.75, 3.05) is 50.5 Å². The lowest BCUT2D eigenvalue weighted by Gasteiger charge is -2.35. The number of piperazine rings is 1. The normalized spacial score (nSPS) is 16.9. The summed E-state index contributed by atoms with van der Waals surface area (Å²) in [6.45, 7) is 7.56. The molecule has 0 radical (unpaired) electrons. The van der Waals surface area contributed by atoms with Gasteiger partial charge in [0.2, 0.25) is 0 Å². The molecule has 1 aliphatic heterocycles. The zero-order valence-corrected chi connectivity index (χ0v) is 11.2. The predicted molar refractivity (Wildman–Crippen MR) is 74.1 cm³/mol. The molecule has 0 aliphatic carbocycles. The fourth-order valence-corrected chi connectivity index (χ4v) is 2.34. The molecule has 1 aliphatic rings. The van der Waals surface area contributed by atoms with E-state index in [4.69, 9.17) is 10.5 Å². The van der Waals surface area contributed by atoms with Crippen LogP contribution in [0.4, 0.5) is 11.5 Å². The molecule has 0 spiro atoms. The molecule has 0 aromatic carbocycles. The summed E-state index contributed by atoms with van der Waals surface area (Å²) >= 11 is 0. The highest BCUT2D eigenvalue weighted by Gasteiger charge is 2.20. The smallest absolute Gasteiger partial charge is 0.171 e. The van der Waals surface area contributed by atoms with E-state index in [2.05, 4.69) is 21.7 Å². The van der Waals surface area contributed by atoms with E-state index in [1.165, 1.54) is 13.0 Å². The van der Waals surface area contributed by atoms with Crippen LogP contribution in [-0.2, 0) is 0 Å². The van der Waals surface area contributed by atoms with Gasteiger partial charge in [-0.15, -0.1) is 0 Å². The molecule has 1 aromatic rings. The Balaban J connectivity index is 2.05. The molecular formula is C13H22N4O. The third-order valence-corrected chi connectivity index (χ3v) is 3.29. The maximum Gasteiger partial charge on any atom is 0.171 e. The predicted octanol–water partition coefficient (Wildman–Crippen LogP) is 1.20. The Morgan fingerprint density at radius 1 is 1.33 bits per heavy atom. The average molecular weight is 250 g/mol. The lowest BCUT2D eigenvalue weighted by molar-refractivity contribution is 0.257. The molecule has 100 valence electrons. The van der Waals surface area contributed by atoms with Crippen LogP contribution in [0.15, 0.2) is 12.3 Å². The highest BCUT2D eigenvalue weighted by molar-refractivity contribution is 5.58. The molecule has 18 heavy (non-hydrogen) atoms. The van der Waals surface area contributed by atoms with Gasteiger partial charge in [0.05, 0.1) is 19.0 Å². The van der Waals surface area contributed by atoms with Crippen molar-refractivity contribution in [1.29, 1.82) is 0 Å². The number of anilines is 2. The second-order valence-corrected chi connectivity index (χ2v) is 4.62. The van der Waals surface area contributed by atoms with Crippen LogP contribution >= 0.6 is 0 Å². The van der Waals surface area contributed by atoms with Gasteiger partial charge in [-0.1, -0.05) is 6.92 Å². The first-order chi connectivity index (χ1) is 8.74. The Kier molecular flexibility index (Phi) is 4.25. The number of pyridine rings is 1. The lowest BCUT2D eigenvalue weighted by atomic mass is 10.2. The van der Waals surface area contributed by atoms with Crippen molar-refractivity contribution in [3.63, 3.8) is 0 Å². The molecule has 5 heteroatoms. The lowest BCUT2D eigenvalue weighted by Crippen LogP contribution is -2.46. The van der Waals surface area contributed by atoms with Gasteiger partial charge in [0.25, 0.3) is 0 Å². The third kappa shape index (κ3) is 2.85. The van der Waals surface area contributed by atoms with E-state index in [9.17, 15) is 0 Å². The summed E-state index contributed by atoms with van der Waals surface area (Å²) in [6, 6.07) is 1.83. The molecule has 0 unspecified atom stereocenters. The van der Waals surface area contributed by atoms with Crippen LogP contribution in [0.2, 0.25) is 0 Å². The first kappa shape index (κ1) is 13.0. The van der Waals surface area contributed by atoms with Gasteiger partial charge >= 0.3 is 0 Å². The summed E-state index contributed by atoms with van der Waals surface area (Å²) in [7, 11) is 1.66. The zero-order valence-electron chi connectivity index (χ0n) is 11.2. The first-order valence-corrected chi connectivity index (χ1v) is 6.51. The van der Waals surface area contributed by atoms with E-state index < -0.39 is 0 Å². The SMILES string of the molecule is CCCN1CCN(c2ncc(N)cc2OC)CC1. The molecule has 1 aromatic heterocycles. The number of rotatable bonds is 4. The van der Waals surface area contributed by atoms with E-state index in [-0.39, 0.29) is 0 Å². The summed E-state index contributed by atoms with van der Waals surface area (Å²) < 4.78 is 5.36. The molecule has 1 saturated heterocycles. The quantitative estimate of drug-likeness (QED) is 0.870.